The maximum Gasteiger partial charge on any atom is 0.329 e. The Morgan fingerprint density at radius 2 is 1.76 bits per heavy atom. The van der Waals surface area contributed by atoms with Gasteiger partial charge in [0.05, 0.1) is 22.9 Å². The van der Waals surface area contributed by atoms with Crippen LogP contribution in [0.2, 0.25) is 0 Å². The van der Waals surface area contributed by atoms with Crippen LogP contribution in [0.15, 0.2) is 71.7 Å². The number of benzene rings is 2. The highest BCUT2D eigenvalue weighted by molar-refractivity contribution is 5.91. The summed E-state index contributed by atoms with van der Waals surface area (Å²) < 4.78 is 8.66. The van der Waals surface area contributed by atoms with Gasteiger partial charge in [0.15, 0.2) is 0 Å². The molecule has 1 N–H and O–H groups in total. The second-order valence-electron chi connectivity index (χ2n) is 6.76. The predicted octanol–water partition coefficient (Wildman–Crippen LogP) is 3.47. The lowest BCUT2D eigenvalue weighted by molar-refractivity contribution is -0.116. The number of pyridine rings is 1. The summed E-state index contributed by atoms with van der Waals surface area (Å²) in [6, 6.07) is 18.4. The number of hydrogen-bond donors (Lipinski definition) is 1. The number of amides is 1. The summed E-state index contributed by atoms with van der Waals surface area (Å²) in [5.74, 6) is 0.810. The topological polar surface area (TPSA) is 78.1 Å². The van der Waals surface area contributed by atoms with Crippen LogP contribution in [0.1, 0.15) is 5.56 Å². The molecule has 0 aliphatic rings. The molecule has 146 valence electrons. The van der Waals surface area contributed by atoms with Crippen molar-refractivity contribution in [2.45, 2.75) is 13.5 Å². The van der Waals surface area contributed by atoms with E-state index in [4.69, 9.17) is 4.74 Å². The fraction of sp³-hybridized carbons (Fsp3) is 0.136. The van der Waals surface area contributed by atoms with Gasteiger partial charge in [0.2, 0.25) is 11.8 Å². The van der Waals surface area contributed by atoms with Crippen molar-refractivity contribution in [2.75, 3.05) is 5.32 Å². The van der Waals surface area contributed by atoms with E-state index in [0.717, 1.165) is 16.6 Å². The van der Waals surface area contributed by atoms with E-state index in [2.05, 4.69) is 10.3 Å². The van der Waals surface area contributed by atoms with Gasteiger partial charge in [0.25, 0.3) is 0 Å². The van der Waals surface area contributed by atoms with E-state index in [1.165, 1.54) is 15.3 Å². The summed E-state index contributed by atoms with van der Waals surface area (Å²) in [6.07, 6.45) is 1.52. The third-order valence-corrected chi connectivity index (χ3v) is 4.62. The summed E-state index contributed by atoms with van der Waals surface area (Å²) in [7, 11) is 1.69. The van der Waals surface area contributed by atoms with Crippen LogP contribution in [-0.2, 0) is 18.4 Å². The molecule has 0 radical (unpaired) electrons. The summed E-state index contributed by atoms with van der Waals surface area (Å²) in [5, 5.41) is 2.76. The smallest absolute Gasteiger partial charge is 0.329 e. The molecule has 2 heterocycles. The number of ether oxygens (including phenoxy) is 1. The van der Waals surface area contributed by atoms with E-state index in [1.807, 2.05) is 55.5 Å². The van der Waals surface area contributed by atoms with E-state index in [-0.39, 0.29) is 18.1 Å². The number of nitrogens with zero attached hydrogens (tertiary/aromatic N) is 3. The third kappa shape index (κ3) is 3.89. The first-order chi connectivity index (χ1) is 14.0. The number of fused-ring (bicyclic) bond motifs is 1. The molecule has 2 aromatic heterocycles. The highest BCUT2D eigenvalue weighted by Crippen LogP contribution is 2.21. The molecule has 1 amide bonds. The van der Waals surface area contributed by atoms with Crippen LogP contribution in [0, 0.1) is 6.92 Å². The molecule has 0 spiro atoms. The second kappa shape index (κ2) is 7.63. The Morgan fingerprint density at radius 1 is 1.03 bits per heavy atom. The minimum absolute atomic E-state index is 0.0815. The van der Waals surface area contributed by atoms with Gasteiger partial charge < -0.3 is 10.1 Å². The average molecular weight is 388 g/mol. The van der Waals surface area contributed by atoms with Gasteiger partial charge in [-0.15, -0.1) is 0 Å². The highest BCUT2D eigenvalue weighted by atomic mass is 16.5. The van der Waals surface area contributed by atoms with E-state index in [1.54, 1.807) is 19.2 Å². The minimum atomic E-state index is -0.308. The van der Waals surface area contributed by atoms with Crippen LogP contribution < -0.4 is 15.7 Å². The fourth-order valence-electron chi connectivity index (χ4n) is 3.10. The molecule has 29 heavy (non-hydrogen) atoms. The van der Waals surface area contributed by atoms with Crippen LogP contribution in [-0.4, -0.2) is 20.0 Å². The van der Waals surface area contributed by atoms with Crippen molar-refractivity contribution in [3.05, 3.63) is 82.9 Å². The molecule has 0 saturated carbocycles. The number of carbonyl (C=O) groups is 1. The number of carbonyl (C=O) groups excluding carboxylic acids is 1. The maximum atomic E-state index is 12.5. The molecule has 0 saturated heterocycles. The lowest BCUT2D eigenvalue weighted by atomic mass is 10.2. The Balaban J connectivity index is 1.45. The molecule has 0 aliphatic carbocycles. The molecule has 2 aromatic carbocycles. The Labute approximate surface area is 167 Å². The predicted molar refractivity (Wildman–Crippen MR) is 111 cm³/mol. The molecule has 7 heteroatoms. The van der Waals surface area contributed by atoms with Gasteiger partial charge in [-0.3, -0.25) is 13.9 Å². The third-order valence-electron chi connectivity index (χ3n) is 4.62. The number of aryl methyl sites for hydroxylation is 2. The van der Waals surface area contributed by atoms with E-state index in [0.29, 0.717) is 17.3 Å². The van der Waals surface area contributed by atoms with E-state index in [9.17, 15) is 9.59 Å². The first kappa shape index (κ1) is 18.5. The average Bonchev–Trinajstić information content (AvgIpc) is 2.96. The molecule has 0 unspecified atom stereocenters. The monoisotopic (exact) mass is 388 g/mol. The summed E-state index contributed by atoms with van der Waals surface area (Å²) in [5.41, 5.74) is 2.94. The van der Waals surface area contributed by atoms with Crippen molar-refractivity contribution in [1.82, 2.24) is 14.1 Å². The number of anilines is 1. The van der Waals surface area contributed by atoms with E-state index < -0.39 is 0 Å². The van der Waals surface area contributed by atoms with Gasteiger partial charge in [0.1, 0.15) is 12.3 Å². The minimum Gasteiger partial charge on any atom is -0.439 e. The Morgan fingerprint density at radius 3 is 2.45 bits per heavy atom. The standard InChI is InChI=1S/C22H20N4O3/c1-15-7-10-17(11-8-15)29-21-12-9-16(13-23-21)24-20(27)14-26-19-6-4-3-5-18(19)25(2)22(26)28/h3-13H,14H2,1-2H3,(H,24,27). The van der Waals surface area contributed by atoms with Crippen molar-refractivity contribution >= 4 is 22.6 Å². The Kier molecular flexibility index (Phi) is 4.87. The molecule has 0 atom stereocenters. The van der Waals surface area contributed by atoms with Gasteiger partial charge in [-0.2, -0.15) is 0 Å². The zero-order valence-electron chi connectivity index (χ0n) is 16.1. The van der Waals surface area contributed by atoms with Crippen LogP contribution in [0.5, 0.6) is 11.6 Å². The number of hydrogen-bond acceptors (Lipinski definition) is 4. The van der Waals surface area contributed by atoms with Crippen molar-refractivity contribution in [3.8, 4) is 11.6 Å². The van der Waals surface area contributed by atoms with Crippen molar-refractivity contribution < 1.29 is 9.53 Å². The Bertz CT molecular complexity index is 1220. The number of nitrogens with one attached hydrogen (secondary N) is 1. The summed E-state index contributed by atoms with van der Waals surface area (Å²) >= 11 is 0. The quantitative estimate of drug-likeness (QED) is 0.568. The first-order valence-corrected chi connectivity index (χ1v) is 9.16. The Hall–Kier alpha value is -3.87. The van der Waals surface area contributed by atoms with Gasteiger partial charge in [-0.05, 0) is 37.3 Å². The zero-order chi connectivity index (χ0) is 20.4. The molecule has 4 rings (SSSR count). The van der Waals surface area contributed by atoms with Crippen molar-refractivity contribution in [2.24, 2.45) is 7.05 Å². The molecular formula is C22H20N4O3. The van der Waals surface area contributed by atoms with Gasteiger partial charge in [-0.25, -0.2) is 9.78 Å². The van der Waals surface area contributed by atoms with Crippen LogP contribution in [0.3, 0.4) is 0 Å². The number of imidazole rings is 1. The second-order valence-corrected chi connectivity index (χ2v) is 6.76. The number of rotatable bonds is 5. The molecule has 0 fully saturated rings. The van der Waals surface area contributed by atoms with Crippen LogP contribution in [0.4, 0.5) is 5.69 Å². The maximum absolute atomic E-state index is 12.5. The number of para-hydroxylation sites is 2. The van der Waals surface area contributed by atoms with Crippen molar-refractivity contribution in [3.63, 3.8) is 0 Å². The summed E-state index contributed by atoms with van der Waals surface area (Å²) in [4.78, 5) is 29.1. The molecule has 0 bridgehead atoms. The SMILES string of the molecule is Cc1ccc(Oc2ccc(NC(=O)Cn3c(=O)n(C)c4ccccc43)cn2)cc1. The lowest BCUT2D eigenvalue weighted by Gasteiger charge is -2.08. The fourth-order valence-corrected chi connectivity index (χ4v) is 3.10. The van der Waals surface area contributed by atoms with Crippen LogP contribution >= 0.6 is 0 Å². The van der Waals surface area contributed by atoms with Gasteiger partial charge >= 0.3 is 5.69 Å². The molecule has 0 aliphatic heterocycles. The molecule has 4 aromatic rings. The first-order valence-electron chi connectivity index (χ1n) is 9.16. The zero-order valence-corrected chi connectivity index (χ0v) is 16.1. The molecule has 7 nitrogen and oxygen atoms in total. The largest absolute Gasteiger partial charge is 0.439 e. The van der Waals surface area contributed by atoms with E-state index >= 15 is 0 Å². The van der Waals surface area contributed by atoms with Gasteiger partial charge in [0, 0.05) is 13.1 Å². The van der Waals surface area contributed by atoms with Crippen LogP contribution in [0.25, 0.3) is 11.0 Å². The number of aromatic nitrogens is 3. The normalized spacial score (nSPS) is 10.8. The van der Waals surface area contributed by atoms with Crippen molar-refractivity contribution in [1.29, 1.82) is 0 Å². The summed E-state index contributed by atoms with van der Waals surface area (Å²) in [6.45, 7) is 1.92. The molecular weight excluding hydrogens is 368 g/mol. The highest BCUT2D eigenvalue weighted by Gasteiger charge is 2.13. The van der Waals surface area contributed by atoms with Gasteiger partial charge in [-0.1, -0.05) is 29.8 Å². The lowest BCUT2D eigenvalue weighted by Crippen LogP contribution is -2.28.